The molecule has 2 heterocycles. The minimum atomic E-state index is -0.443. The standard InChI is InChI=1S/C23H22N2O6/c1-29-18-4-2-3-17(13-18)23(28)25-11-9-24(10-12-25)21(26)15-30-19-7-5-16-6-8-22(27)31-20(16)14-19/h2-8,13-14H,9-12,15H2,1H3. The number of hydrogen-bond acceptors (Lipinski definition) is 6. The summed E-state index contributed by atoms with van der Waals surface area (Å²) in [5.41, 5.74) is 0.523. The van der Waals surface area contributed by atoms with Gasteiger partial charge in [0.15, 0.2) is 6.61 Å². The molecule has 0 N–H and O–H groups in total. The highest BCUT2D eigenvalue weighted by molar-refractivity contribution is 5.94. The number of amides is 2. The molecule has 160 valence electrons. The number of benzene rings is 2. The van der Waals surface area contributed by atoms with Crippen molar-refractivity contribution < 1.29 is 23.5 Å². The van der Waals surface area contributed by atoms with Gasteiger partial charge in [0.1, 0.15) is 17.1 Å². The van der Waals surface area contributed by atoms with Crippen molar-refractivity contribution in [2.75, 3.05) is 39.9 Å². The van der Waals surface area contributed by atoms with Gasteiger partial charge in [0.25, 0.3) is 11.8 Å². The Morgan fingerprint density at radius 3 is 2.45 bits per heavy atom. The maximum atomic E-state index is 12.7. The topological polar surface area (TPSA) is 89.3 Å². The van der Waals surface area contributed by atoms with E-state index in [2.05, 4.69) is 0 Å². The number of methoxy groups -OCH3 is 1. The fourth-order valence-corrected chi connectivity index (χ4v) is 3.46. The summed E-state index contributed by atoms with van der Waals surface area (Å²) in [7, 11) is 1.56. The lowest BCUT2D eigenvalue weighted by atomic mass is 10.1. The quantitative estimate of drug-likeness (QED) is 0.586. The minimum Gasteiger partial charge on any atom is -0.497 e. The summed E-state index contributed by atoms with van der Waals surface area (Å²) >= 11 is 0. The minimum absolute atomic E-state index is 0.0834. The van der Waals surface area contributed by atoms with Crippen LogP contribution in [0.2, 0.25) is 0 Å². The highest BCUT2D eigenvalue weighted by Gasteiger charge is 2.25. The molecule has 0 atom stereocenters. The van der Waals surface area contributed by atoms with Gasteiger partial charge in [-0.3, -0.25) is 9.59 Å². The largest absolute Gasteiger partial charge is 0.497 e. The van der Waals surface area contributed by atoms with Gasteiger partial charge in [0.05, 0.1) is 7.11 Å². The predicted molar refractivity (Wildman–Crippen MR) is 113 cm³/mol. The number of piperazine rings is 1. The molecule has 31 heavy (non-hydrogen) atoms. The van der Waals surface area contributed by atoms with Crippen LogP contribution in [0.5, 0.6) is 11.5 Å². The summed E-state index contributed by atoms with van der Waals surface area (Å²) in [4.78, 5) is 40.0. The summed E-state index contributed by atoms with van der Waals surface area (Å²) in [6.07, 6.45) is 0. The van der Waals surface area contributed by atoms with Gasteiger partial charge in [0.2, 0.25) is 0 Å². The second-order valence-corrected chi connectivity index (χ2v) is 7.15. The number of fused-ring (bicyclic) bond motifs is 1. The number of carbonyl (C=O) groups excluding carboxylic acids is 2. The van der Waals surface area contributed by atoms with Crippen LogP contribution in [0, 0.1) is 0 Å². The number of ether oxygens (including phenoxy) is 2. The molecule has 1 aliphatic rings. The van der Waals surface area contributed by atoms with Gasteiger partial charge in [-0.1, -0.05) is 6.07 Å². The van der Waals surface area contributed by atoms with Crippen LogP contribution in [0.25, 0.3) is 11.0 Å². The molecule has 0 bridgehead atoms. The van der Waals surface area contributed by atoms with E-state index in [1.807, 2.05) is 0 Å². The van der Waals surface area contributed by atoms with Gasteiger partial charge in [-0.05, 0) is 36.4 Å². The molecule has 8 nitrogen and oxygen atoms in total. The zero-order valence-electron chi connectivity index (χ0n) is 17.1. The summed E-state index contributed by atoms with van der Waals surface area (Å²) in [6.45, 7) is 1.63. The van der Waals surface area contributed by atoms with E-state index in [1.165, 1.54) is 6.07 Å². The van der Waals surface area contributed by atoms with Gasteiger partial charge in [-0.25, -0.2) is 4.79 Å². The first kappa shape index (κ1) is 20.5. The third-order valence-corrected chi connectivity index (χ3v) is 5.19. The van der Waals surface area contributed by atoms with Crippen LogP contribution in [-0.2, 0) is 4.79 Å². The van der Waals surface area contributed by atoms with Gasteiger partial charge in [0, 0.05) is 49.3 Å². The second-order valence-electron chi connectivity index (χ2n) is 7.15. The van der Waals surface area contributed by atoms with Crippen molar-refractivity contribution in [1.82, 2.24) is 9.80 Å². The number of hydrogen-bond donors (Lipinski definition) is 0. The molecular formula is C23H22N2O6. The van der Waals surface area contributed by atoms with Crippen LogP contribution in [0.1, 0.15) is 10.4 Å². The molecule has 0 spiro atoms. The SMILES string of the molecule is COc1cccc(C(=O)N2CCN(C(=O)COc3ccc4ccc(=O)oc4c3)CC2)c1. The van der Waals surface area contributed by atoms with Gasteiger partial charge < -0.3 is 23.7 Å². The van der Waals surface area contributed by atoms with Crippen molar-refractivity contribution in [2.24, 2.45) is 0 Å². The second kappa shape index (κ2) is 8.91. The van der Waals surface area contributed by atoms with E-state index < -0.39 is 5.63 Å². The highest BCUT2D eigenvalue weighted by atomic mass is 16.5. The molecule has 2 aromatic carbocycles. The van der Waals surface area contributed by atoms with Crippen LogP contribution < -0.4 is 15.1 Å². The smallest absolute Gasteiger partial charge is 0.336 e. The van der Waals surface area contributed by atoms with Crippen LogP contribution in [0.4, 0.5) is 0 Å². The van der Waals surface area contributed by atoms with E-state index in [4.69, 9.17) is 13.9 Å². The summed E-state index contributed by atoms with van der Waals surface area (Å²) in [6, 6.07) is 15.1. The van der Waals surface area contributed by atoms with E-state index in [9.17, 15) is 14.4 Å². The highest BCUT2D eigenvalue weighted by Crippen LogP contribution is 2.20. The number of carbonyl (C=O) groups is 2. The molecular weight excluding hydrogens is 400 g/mol. The Morgan fingerprint density at radius 1 is 0.935 bits per heavy atom. The van der Waals surface area contributed by atoms with Crippen molar-refractivity contribution in [1.29, 1.82) is 0 Å². The van der Waals surface area contributed by atoms with Crippen molar-refractivity contribution in [3.05, 3.63) is 70.6 Å². The fraction of sp³-hybridized carbons (Fsp3) is 0.261. The Labute approximate surface area is 178 Å². The Bertz CT molecular complexity index is 1160. The van der Waals surface area contributed by atoms with E-state index in [-0.39, 0.29) is 18.4 Å². The molecule has 1 saturated heterocycles. The molecule has 0 radical (unpaired) electrons. The molecule has 0 aliphatic carbocycles. The first-order chi connectivity index (χ1) is 15.0. The normalized spacial score (nSPS) is 13.8. The molecule has 2 amide bonds. The third-order valence-electron chi connectivity index (χ3n) is 5.19. The zero-order chi connectivity index (χ0) is 21.8. The Hall–Kier alpha value is -3.81. The number of rotatable bonds is 5. The number of nitrogens with zero attached hydrogens (tertiary/aromatic N) is 2. The average Bonchev–Trinajstić information content (AvgIpc) is 2.81. The van der Waals surface area contributed by atoms with Crippen molar-refractivity contribution in [3.63, 3.8) is 0 Å². The monoisotopic (exact) mass is 422 g/mol. The van der Waals surface area contributed by atoms with E-state index in [1.54, 1.807) is 65.4 Å². The summed E-state index contributed by atoms with van der Waals surface area (Å²) in [5, 5.41) is 0.773. The molecule has 8 heteroatoms. The van der Waals surface area contributed by atoms with Crippen molar-refractivity contribution >= 4 is 22.8 Å². The molecule has 0 unspecified atom stereocenters. The lowest BCUT2D eigenvalue weighted by Crippen LogP contribution is -2.51. The molecule has 1 aromatic heterocycles. The van der Waals surface area contributed by atoms with Crippen LogP contribution in [0.15, 0.2) is 63.8 Å². The predicted octanol–water partition coefficient (Wildman–Crippen LogP) is 2.17. The molecule has 1 aliphatic heterocycles. The zero-order valence-corrected chi connectivity index (χ0v) is 17.1. The van der Waals surface area contributed by atoms with E-state index in [0.717, 1.165) is 5.39 Å². The van der Waals surface area contributed by atoms with Gasteiger partial charge in [-0.2, -0.15) is 0 Å². The van der Waals surface area contributed by atoms with Gasteiger partial charge in [-0.15, -0.1) is 0 Å². The Kier molecular flexibility index (Phi) is 5.88. The summed E-state index contributed by atoms with van der Waals surface area (Å²) in [5.74, 6) is 0.829. The molecule has 0 saturated carbocycles. The van der Waals surface area contributed by atoms with E-state index >= 15 is 0 Å². The Balaban J connectivity index is 1.31. The lowest BCUT2D eigenvalue weighted by molar-refractivity contribution is -0.134. The Morgan fingerprint density at radius 2 is 1.68 bits per heavy atom. The molecule has 1 fully saturated rings. The van der Waals surface area contributed by atoms with Crippen LogP contribution in [0.3, 0.4) is 0 Å². The van der Waals surface area contributed by atoms with Gasteiger partial charge >= 0.3 is 5.63 Å². The van der Waals surface area contributed by atoms with E-state index in [0.29, 0.717) is 48.8 Å². The first-order valence-electron chi connectivity index (χ1n) is 9.91. The maximum absolute atomic E-state index is 12.7. The lowest BCUT2D eigenvalue weighted by Gasteiger charge is -2.34. The molecule has 3 aromatic rings. The summed E-state index contributed by atoms with van der Waals surface area (Å²) < 4.78 is 15.9. The first-order valence-corrected chi connectivity index (χ1v) is 9.91. The van der Waals surface area contributed by atoms with Crippen molar-refractivity contribution in [2.45, 2.75) is 0 Å². The average molecular weight is 422 g/mol. The van der Waals surface area contributed by atoms with Crippen LogP contribution >= 0.6 is 0 Å². The van der Waals surface area contributed by atoms with Crippen LogP contribution in [-0.4, -0.2) is 61.5 Å². The van der Waals surface area contributed by atoms with Crippen molar-refractivity contribution in [3.8, 4) is 11.5 Å². The third kappa shape index (κ3) is 4.69. The maximum Gasteiger partial charge on any atom is 0.336 e. The molecule has 4 rings (SSSR count). The fourth-order valence-electron chi connectivity index (χ4n) is 3.46.